The smallest absolute Gasteiger partial charge is 0.254 e. The van der Waals surface area contributed by atoms with Crippen LogP contribution in [0.1, 0.15) is 39.8 Å². The Morgan fingerprint density at radius 3 is 2.91 bits per heavy atom. The van der Waals surface area contributed by atoms with Crippen LogP contribution in [0.5, 0.6) is 0 Å². The SMILES string of the molecule is Cc1nn(C)c(C)c1[C@H]1OCC[C@@H]1NC(=O)c1ccncc1F. The number of amides is 1. The zero-order valence-corrected chi connectivity index (χ0v) is 13.3. The van der Waals surface area contributed by atoms with Crippen LogP contribution in [0.4, 0.5) is 4.39 Å². The summed E-state index contributed by atoms with van der Waals surface area (Å²) in [7, 11) is 1.88. The molecule has 23 heavy (non-hydrogen) atoms. The molecule has 0 radical (unpaired) electrons. The lowest BCUT2D eigenvalue weighted by atomic mass is 10.00. The first kappa shape index (κ1) is 15.6. The van der Waals surface area contributed by atoms with Crippen LogP contribution >= 0.6 is 0 Å². The molecule has 1 aliphatic heterocycles. The molecule has 3 rings (SSSR count). The molecule has 122 valence electrons. The first-order chi connectivity index (χ1) is 11.0. The Labute approximate surface area is 133 Å². The molecule has 1 fully saturated rings. The lowest BCUT2D eigenvalue weighted by Gasteiger charge is -2.20. The highest BCUT2D eigenvalue weighted by Crippen LogP contribution is 2.33. The van der Waals surface area contributed by atoms with Gasteiger partial charge in [-0.15, -0.1) is 0 Å². The van der Waals surface area contributed by atoms with Crippen LogP contribution < -0.4 is 5.32 Å². The summed E-state index contributed by atoms with van der Waals surface area (Å²) in [5.41, 5.74) is 2.87. The number of aryl methyl sites for hydroxylation is 2. The molecule has 0 unspecified atom stereocenters. The fraction of sp³-hybridized carbons (Fsp3) is 0.438. The minimum absolute atomic E-state index is 0.00900. The second-order valence-corrected chi connectivity index (χ2v) is 5.72. The Hall–Kier alpha value is -2.28. The zero-order chi connectivity index (χ0) is 16.6. The van der Waals surface area contributed by atoms with Gasteiger partial charge in [0.05, 0.1) is 23.5 Å². The number of hydrogen-bond acceptors (Lipinski definition) is 4. The van der Waals surface area contributed by atoms with Gasteiger partial charge in [0.25, 0.3) is 5.91 Å². The number of nitrogens with one attached hydrogen (secondary N) is 1. The van der Waals surface area contributed by atoms with Gasteiger partial charge in [-0.05, 0) is 26.3 Å². The van der Waals surface area contributed by atoms with E-state index in [1.165, 1.54) is 12.3 Å². The Morgan fingerprint density at radius 2 is 2.26 bits per heavy atom. The summed E-state index contributed by atoms with van der Waals surface area (Å²) in [6, 6.07) is 1.16. The van der Waals surface area contributed by atoms with Gasteiger partial charge in [0.2, 0.25) is 0 Å². The Kier molecular flexibility index (Phi) is 4.12. The molecule has 0 aromatic carbocycles. The fourth-order valence-electron chi connectivity index (χ4n) is 3.03. The summed E-state index contributed by atoms with van der Waals surface area (Å²) in [6.07, 6.45) is 2.84. The first-order valence-corrected chi connectivity index (χ1v) is 7.51. The summed E-state index contributed by atoms with van der Waals surface area (Å²) >= 11 is 0. The second-order valence-electron chi connectivity index (χ2n) is 5.72. The fourth-order valence-corrected chi connectivity index (χ4v) is 3.03. The number of hydrogen-bond donors (Lipinski definition) is 1. The minimum Gasteiger partial charge on any atom is -0.371 e. The molecule has 0 bridgehead atoms. The summed E-state index contributed by atoms with van der Waals surface area (Å²) in [4.78, 5) is 16.0. The highest BCUT2D eigenvalue weighted by Gasteiger charge is 2.35. The first-order valence-electron chi connectivity index (χ1n) is 7.51. The van der Waals surface area contributed by atoms with Crippen LogP contribution in [0, 0.1) is 19.7 Å². The van der Waals surface area contributed by atoms with Crippen molar-refractivity contribution in [3.8, 4) is 0 Å². The van der Waals surface area contributed by atoms with Gasteiger partial charge in [-0.2, -0.15) is 5.10 Å². The molecule has 1 aliphatic rings. The van der Waals surface area contributed by atoms with Crippen molar-refractivity contribution in [3.05, 3.63) is 46.8 Å². The normalized spacial score (nSPS) is 20.7. The monoisotopic (exact) mass is 318 g/mol. The molecule has 3 heterocycles. The molecule has 7 heteroatoms. The quantitative estimate of drug-likeness (QED) is 0.937. The molecule has 0 spiro atoms. The molecule has 1 N–H and O–H groups in total. The number of carbonyl (C=O) groups is 1. The third-order valence-corrected chi connectivity index (χ3v) is 4.27. The van der Waals surface area contributed by atoms with Crippen molar-refractivity contribution in [1.29, 1.82) is 0 Å². The van der Waals surface area contributed by atoms with Gasteiger partial charge in [-0.1, -0.05) is 0 Å². The molecule has 1 saturated heterocycles. The summed E-state index contributed by atoms with van der Waals surface area (Å²) in [5, 5.41) is 7.28. The number of rotatable bonds is 3. The molecule has 2 aromatic heterocycles. The largest absolute Gasteiger partial charge is 0.371 e. The van der Waals surface area contributed by atoms with E-state index in [1.54, 1.807) is 4.68 Å². The van der Waals surface area contributed by atoms with Crippen molar-refractivity contribution < 1.29 is 13.9 Å². The number of aromatic nitrogens is 3. The second kappa shape index (κ2) is 6.08. The van der Waals surface area contributed by atoms with Gasteiger partial charge in [0.15, 0.2) is 5.82 Å². The van der Waals surface area contributed by atoms with Crippen LogP contribution in [0.3, 0.4) is 0 Å². The van der Waals surface area contributed by atoms with E-state index >= 15 is 0 Å². The molecule has 2 aromatic rings. The van der Waals surface area contributed by atoms with E-state index in [0.29, 0.717) is 13.0 Å². The van der Waals surface area contributed by atoms with Crippen molar-refractivity contribution in [3.63, 3.8) is 0 Å². The molecule has 0 aliphatic carbocycles. The highest BCUT2D eigenvalue weighted by molar-refractivity contribution is 5.94. The van der Waals surface area contributed by atoms with Gasteiger partial charge < -0.3 is 10.1 Å². The minimum atomic E-state index is -0.630. The lowest BCUT2D eigenvalue weighted by molar-refractivity contribution is 0.0814. The number of carbonyl (C=O) groups excluding carboxylic acids is 1. The van der Waals surface area contributed by atoms with Crippen molar-refractivity contribution in [2.75, 3.05) is 6.61 Å². The third kappa shape index (κ3) is 2.84. The predicted octanol–water partition coefficient (Wildman–Crippen LogP) is 1.83. The van der Waals surface area contributed by atoms with E-state index in [9.17, 15) is 9.18 Å². The van der Waals surface area contributed by atoms with Crippen molar-refractivity contribution in [1.82, 2.24) is 20.1 Å². The van der Waals surface area contributed by atoms with Gasteiger partial charge in [-0.25, -0.2) is 4.39 Å². The average molecular weight is 318 g/mol. The Morgan fingerprint density at radius 1 is 1.48 bits per heavy atom. The van der Waals surface area contributed by atoms with E-state index in [4.69, 9.17) is 4.74 Å². The maximum absolute atomic E-state index is 13.7. The molecule has 1 amide bonds. The van der Waals surface area contributed by atoms with Crippen LogP contribution in [0.2, 0.25) is 0 Å². The Balaban J connectivity index is 1.83. The summed E-state index contributed by atoms with van der Waals surface area (Å²) in [6.45, 7) is 4.44. The Bertz CT molecular complexity index is 744. The van der Waals surface area contributed by atoms with E-state index in [0.717, 1.165) is 23.1 Å². The molecular formula is C16H19FN4O2. The van der Waals surface area contributed by atoms with Crippen LogP contribution in [0.15, 0.2) is 18.5 Å². The third-order valence-electron chi connectivity index (χ3n) is 4.27. The van der Waals surface area contributed by atoms with E-state index < -0.39 is 11.7 Å². The highest BCUT2D eigenvalue weighted by atomic mass is 19.1. The number of nitrogens with zero attached hydrogens (tertiary/aromatic N) is 3. The molecular weight excluding hydrogens is 299 g/mol. The topological polar surface area (TPSA) is 69.0 Å². The summed E-state index contributed by atoms with van der Waals surface area (Å²) in [5.74, 6) is -1.08. The number of halogens is 1. The maximum atomic E-state index is 13.7. The van der Waals surface area contributed by atoms with Crippen molar-refractivity contribution in [2.45, 2.75) is 32.4 Å². The van der Waals surface area contributed by atoms with Crippen molar-refractivity contribution in [2.24, 2.45) is 7.05 Å². The van der Waals surface area contributed by atoms with Crippen LogP contribution in [-0.2, 0) is 11.8 Å². The maximum Gasteiger partial charge on any atom is 0.254 e. The average Bonchev–Trinajstić information content (AvgIpc) is 3.04. The van der Waals surface area contributed by atoms with Gasteiger partial charge in [0, 0.05) is 31.1 Å². The number of ether oxygens (including phenoxy) is 1. The van der Waals surface area contributed by atoms with Crippen LogP contribution in [-0.4, -0.2) is 33.3 Å². The van der Waals surface area contributed by atoms with E-state index in [-0.39, 0.29) is 17.7 Å². The van der Waals surface area contributed by atoms with E-state index in [1.807, 2.05) is 20.9 Å². The number of pyridine rings is 1. The van der Waals surface area contributed by atoms with Crippen molar-refractivity contribution >= 4 is 5.91 Å². The van der Waals surface area contributed by atoms with Gasteiger partial charge in [0.1, 0.15) is 6.10 Å². The predicted molar refractivity (Wildman–Crippen MR) is 81.4 cm³/mol. The standard InChI is InChI=1S/C16H19FN4O2/c1-9-14(10(2)21(3)20-9)15-13(5-7-23-15)19-16(22)11-4-6-18-8-12(11)17/h4,6,8,13,15H,5,7H2,1-3H3,(H,19,22)/t13-,15-/m0/s1. The summed E-state index contributed by atoms with van der Waals surface area (Å²) < 4.78 is 21.3. The lowest BCUT2D eigenvalue weighted by Crippen LogP contribution is -2.37. The molecule has 6 nitrogen and oxygen atoms in total. The molecule has 0 saturated carbocycles. The van der Waals surface area contributed by atoms with Gasteiger partial charge >= 0.3 is 0 Å². The van der Waals surface area contributed by atoms with E-state index in [2.05, 4.69) is 15.4 Å². The van der Waals surface area contributed by atoms with Crippen LogP contribution in [0.25, 0.3) is 0 Å². The molecule has 2 atom stereocenters. The van der Waals surface area contributed by atoms with Gasteiger partial charge in [-0.3, -0.25) is 14.5 Å². The zero-order valence-electron chi connectivity index (χ0n) is 13.3.